The predicted octanol–water partition coefficient (Wildman–Crippen LogP) is -1.28. The normalized spacial score (nSPS) is 21.9. The van der Waals surface area contributed by atoms with E-state index in [0.29, 0.717) is 32.0 Å². The Bertz CT molecular complexity index is 294. The van der Waals surface area contributed by atoms with Crippen LogP contribution in [0.25, 0.3) is 0 Å². The molecule has 1 saturated heterocycles. The molecule has 2 heterocycles. The highest BCUT2D eigenvalue weighted by Gasteiger charge is 2.26. The van der Waals surface area contributed by atoms with E-state index < -0.39 is 0 Å². The van der Waals surface area contributed by atoms with Crippen LogP contribution < -0.4 is 5.43 Å². The molecular formula is C8H11N3O3. The van der Waals surface area contributed by atoms with Crippen LogP contribution >= 0.6 is 0 Å². The Hall–Kier alpha value is -1.43. The van der Waals surface area contributed by atoms with Crippen LogP contribution in [0.4, 0.5) is 0 Å². The molecule has 2 aliphatic heterocycles. The summed E-state index contributed by atoms with van der Waals surface area (Å²) in [6, 6.07) is 0. The third-order valence-corrected chi connectivity index (χ3v) is 2.19. The third kappa shape index (κ3) is 1.74. The number of nitrogens with one attached hydrogen (secondary N) is 1. The molecule has 2 rings (SSSR count). The maximum absolute atomic E-state index is 11.7. The Morgan fingerprint density at radius 3 is 2.71 bits per heavy atom. The van der Waals surface area contributed by atoms with E-state index in [0.717, 1.165) is 0 Å². The highest BCUT2D eigenvalue weighted by Crippen LogP contribution is 2.03. The van der Waals surface area contributed by atoms with Crippen molar-refractivity contribution in [3.8, 4) is 0 Å². The molecule has 0 bridgehead atoms. The highest BCUT2D eigenvalue weighted by atomic mass is 16.5. The second-order valence-electron chi connectivity index (χ2n) is 3.17. The maximum Gasteiger partial charge on any atom is 0.270 e. The predicted molar refractivity (Wildman–Crippen MR) is 47.6 cm³/mol. The molecule has 2 amide bonds. The lowest BCUT2D eigenvalue weighted by molar-refractivity contribution is -0.128. The van der Waals surface area contributed by atoms with Crippen LogP contribution in [-0.2, 0) is 14.3 Å². The number of ether oxygens (including phenoxy) is 1. The second-order valence-corrected chi connectivity index (χ2v) is 3.17. The number of hydrogen-bond acceptors (Lipinski definition) is 4. The van der Waals surface area contributed by atoms with Gasteiger partial charge in [0.25, 0.3) is 5.91 Å². The summed E-state index contributed by atoms with van der Waals surface area (Å²) in [5, 5.41) is 3.68. The zero-order chi connectivity index (χ0) is 9.97. The fourth-order valence-corrected chi connectivity index (χ4v) is 1.43. The first-order valence-electron chi connectivity index (χ1n) is 4.50. The molecule has 0 spiro atoms. The van der Waals surface area contributed by atoms with Crippen molar-refractivity contribution in [1.82, 2.24) is 10.3 Å². The lowest BCUT2D eigenvalue weighted by Crippen LogP contribution is -2.43. The van der Waals surface area contributed by atoms with Gasteiger partial charge in [0.1, 0.15) is 5.71 Å². The van der Waals surface area contributed by atoms with Crippen LogP contribution in [0.5, 0.6) is 0 Å². The summed E-state index contributed by atoms with van der Waals surface area (Å²) in [6.07, 6.45) is 0.0934. The number of carbonyl (C=O) groups excluding carboxylic acids is 2. The number of nitrogens with zero attached hydrogens (tertiary/aromatic N) is 2. The Labute approximate surface area is 80.9 Å². The first-order chi connectivity index (χ1) is 6.77. The number of amides is 2. The lowest BCUT2D eigenvalue weighted by Gasteiger charge is -2.26. The van der Waals surface area contributed by atoms with E-state index in [9.17, 15) is 9.59 Å². The zero-order valence-corrected chi connectivity index (χ0v) is 7.65. The van der Waals surface area contributed by atoms with E-state index in [-0.39, 0.29) is 18.2 Å². The summed E-state index contributed by atoms with van der Waals surface area (Å²) in [5.41, 5.74) is 2.56. The van der Waals surface area contributed by atoms with Gasteiger partial charge in [-0.3, -0.25) is 9.59 Å². The maximum atomic E-state index is 11.7. The van der Waals surface area contributed by atoms with Crippen LogP contribution in [0.1, 0.15) is 6.42 Å². The van der Waals surface area contributed by atoms with Crippen molar-refractivity contribution in [2.45, 2.75) is 6.42 Å². The van der Waals surface area contributed by atoms with E-state index in [2.05, 4.69) is 10.5 Å². The first-order valence-corrected chi connectivity index (χ1v) is 4.50. The van der Waals surface area contributed by atoms with Gasteiger partial charge in [-0.05, 0) is 0 Å². The van der Waals surface area contributed by atoms with Gasteiger partial charge in [0.05, 0.1) is 19.6 Å². The molecular weight excluding hydrogens is 186 g/mol. The van der Waals surface area contributed by atoms with Crippen LogP contribution in [0, 0.1) is 0 Å². The molecule has 6 nitrogen and oxygen atoms in total. The smallest absolute Gasteiger partial charge is 0.270 e. The van der Waals surface area contributed by atoms with E-state index in [1.807, 2.05) is 0 Å². The lowest BCUT2D eigenvalue weighted by atomic mass is 10.2. The van der Waals surface area contributed by atoms with Crippen molar-refractivity contribution >= 4 is 17.5 Å². The van der Waals surface area contributed by atoms with Crippen molar-refractivity contribution in [3.63, 3.8) is 0 Å². The summed E-state index contributed by atoms with van der Waals surface area (Å²) in [7, 11) is 0. The first kappa shape index (κ1) is 9.14. The molecule has 2 aliphatic rings. The minimum absolute atomic E-state index is 0.0934. The number of rotatable bonds is 1. The summed E-state index contributed by atoms with van der Waals surface area (Å²) >= 11 is 0. The van der Waals surface area contributed by atoms with Crippen molar-refractivity contribution in [2.24, 2.45) is 5.10 Å². The molecule has 6 heteroatoms. The highest BCUT2D eigenvalue weighted by molar-refractivity contribution is 6.43. The fraction of sp³-hybridized carbons (Fsp3) is 0.625. The Kier molecular flexibility index (Phi) is 2.45. The average Bonchev–Trinajstić information content (AvgIpc) is 2.65. The molecule has 1 N–H and O–H groups in total. The largest absolute Gasteiger partial charge is 0.378 e. The summed E-state index contributed by atoms with van der Waals surface area (Å²) in [6.45, 7) is 2.26. The van der Waals surface area contributed by atoms with E-state index in [1.54, 1.807) is 4.90 Å². The van der Waals surface area contributed by atoms with Gasteiger partial charge < -0.3 is 9.64 Å². The SMILES string of the molecule is O=C1CC(C(=O)N2CCOCC2)=NN1. The van der Waals surface area contributed by atoms with Gasteiger partial charge in [0, 0.05) is 13.1 Å². The van der Waals surface area contributed by atoms with Crippen LogP contribution in [-0.4, -0.2) is 48.7 Å². The van der Waals surface area contributed by atoms with Crippen molar-refractivity contribution < 1.29 is 14.3 Å². The van der Waals surface area contributed by atoms with Gasteiger partial charge in [-0.2, -0.15) is 5.10 Å². The van der Waals surface area contributed by atoms with Gasteiger partial charge in [0.2, 0.25) is 5.91 Å². The quantitative estimate of drug-likeness (QED) is 0.569. The van der Waals surface area contributed by atoms with Crippen LogP contribution in [0.3, 0.4) is 0 Å². The molecule has 0 aliphatic carbocycles. The number of hydrazone groups is 1. The van der Waals surface area contributed by atoms with Gasteiger partial charge in [-0.1, -0.05) is 0 Å². The summed E-state index contributed by atoms with van der Waals surface area (Å²) < 4.78 is 5.12. The molecule has 1 fully saturated rings. The molecule has 76 valence electrons. The standard InChI is InChI=1S/C8H11N3O3/c12-7-5-6(9-10-7)8(13)11-1-3-14-4-2-11/h1-5H2,(H,10,12). The molecule has 0 aromatic rings. The molecule has 0 saturated carbocycles. The molecule has 0 aromatic heterocycles. The molecule has 0 atom stereocenters. The summed E-state index contributed by atoms with van der Waals surface area (Å²) in [5.74, 6) is -0.381. The van der Waals surface area contributed by atoms with E-state index >= 15 is 0 Å². The average molecular weight is 197 g/mol. The van der Waals surface area contributed by atoms with Crippen molar-refractivity contribution in [2.75, 3.05) is 26.3 Å². The Morgan fingerprint density at radius 1 is 1.43 bits per heavy atom. The van der Waals surface area contributed by atoms with Crippen molar-refractivity contribution in [1.29, 1.82) is 0 Å². The van der Waals surface area contributed by atoms with Gasteiger partial charge in [-0.15, -0.1) is 0 Å². The number of morpholine rings is 1. The Morgan fingerprint density at radius 2 is 2.14 bits per heavy atom. The molecule has 0 unspecified atom stereocenters. The van der Waals surface area contributed by atoms with E-state index in [4.69, 9.17) is 4.74 Å². The number of carbonyl (C=O) groups is 2. The van der Waals surface area contributed by atoms with Crippen LogP contribution in [0.2, 0.25) is 0 Å². The molecule has 14 heavy (non-hydrogen) atoms. The van der Waals surface area contributed by atoms with Crippen LogP contribution in [0.15, 0.2) is 5.10 Å². The zero-order valence-electron chi connectivity index (χ0n) is 7.65. The minimum Gasteiger partial charge on any atom is -0.378 e. The minimum atomic E-state index is -0.221. The fourth-order valence-electron chi connectivity index (χ4n) is 1.43. The molecule has 0 aromatic carbocycles. The third-order valence-electron chi connectivity index (χ3n) is 2.19. The van der Waals surface area contributed by atoms with Gasteiger partial charge >= 0.3 is 0 Å². The summed E-state index contributed by atoms with van der Waals surface area (Å²) in [4.78, 5) is 24.2. The van der Waals surface area contributed by atoms with Gasteiger partial charge in [-0.25, -0.2) is 5.43 Å². The van der Waals surface area contributed by atoms with Gasteiger partial charge in [0.15, 0.2) is 0 Å². The number of hydrogen-bond donors (Lipinski definition) is 1. The second kappa shape index (κ2) is 3.75. The topological polar surface area (TPSA) is 71.0 Å². The van der Waals surface area contributed by atoms with Crippen molar-refractivity contribution in [3.05, 3.63) is 0 Å². The monoisotopic (exact) mass is 197 g/mol. The Balaban J connectivity index is 1.97. The molecule has 0 radical (unpaired) electrons. The van der Waals surface area contributed by atoms with E-state index in [1.165, 1.54) is 0 Å².